The highest BCUT2D eigenvalue weighted by atomic mass is 32.2. The van der Waals surface area contributed by atoms with Gasteiger partial charge in [-0.2, -0.15) is 4.31 Å². The number of carbonyl (C=O) groups excluding carboxylic acids is 2. The molecule has 1 amide bonds. The molecular weight excluding hydrogens is 454 g/mol. The molecule has 0 unspecified atom stereocenters. The summed E-state index contributed by atoms with van der Waals surface area (Å²) >= 11 is 0. The Hall–Kier alpha value is -3.56. The van der Waals surface area contributed by atoms with Gasteiger partial charge in [-0.25, -0.2) is 13.2 Å². The number of aryl methyl sites for hydroxylation is 1. The lowest BCUT2D eigenvalue weighted by Crippen LogP contribution is -2.30. The molecular formula is C25H27N3O5S. The van der Waals surface area contributed by atoms with Gasteiger partial charge in [0.1, 0.15) is 0 Å². The van der Waals surface area contributed by atoms with E-state index in [1.54, 1.807) is 39.1 Å². The van der Waals surface area contributed by atoms with Crippen molar-refractivity contribution in [1.29, 1.82) is 0 Å². The molecule has 0 bridgehead atoms. The van der Waals surface area contributed by atoms with Gasteiger partial charge < -0.3 is 10.1 Å². The molecule has 0 spiro atoms. The van der Waals surface area contributed by atoms with Crippen molar-refractivity contribution in [2.45, 2.75) is 25.7 Å². The first-order valence-electron chi connectivity index (χ1n) is 10.9. The van der Waals surface area contributed by atoms with Crippen LogP contribution in [0.25, 0.3) is 17.0 Å². The normalized spacial score (nSPS) is 11.8. The minimum Gasteiger partial charge on any atom is -0.452 e. The molecule has 0 aliphatic heterocycles. The van der Waals surface area contributed by atoms with Crippen molar-refractivity contribution in [1.82, 2.24) is 9.29 Å². The third kappa shape index (κ3) is 5.86. The van der Waals surface area contributed by atoms with Crippen molar-refractivity contribution in [2.75, 3.05) is 25.0 Å². The molecule has 0 fully saturated rings. The van der Waals surface area contributed by atoms with Gasteiger partial charge in [0.25, 0.3) is 5.91 Å². The van der Waals surface area contributed by atoms with Gasteiger partial charge in [0.2, 0.25) is 10.0 Å². The first kappa shape index (κ1) is 25.1. The van der Waals surface area contributed by atoms with Gasteiger partial charge in [-0.3, -0.25) is 9.78 Å². The minimum atomic E-state index is -3.67. The van der Waals surface area contributed by atoms with Gasteiger partial charge in [-0.15, -0.1) is 0 Å². The third-order valence-electron chi connectivity index (χ3n) is 5.23. The number of rotatable bonds is 9. The van der Waals surface area contributed by atoms with Crippen LogP contribution in [0.15, 0.2) is 65.7 Å². The molecule has 0 atom stereocenters. The fraction of sp³-hybridized carbons (Fsp3) is 0.240. The molecule has 0 saturated carbocycles. The lowest BCUT2D eigenvalue weighted by molar-refractivity contribution is -0.142. The molecule has 1 aromatic heterocycles. The molecule has 0 aliphatic carbocycles. The maximum atomic E-state index is 12.8. The molecule has 34 heavy (non-hydrogen) atoms. The SMILES string of the molecule is CCN(CC)S(=O)(=O)c1ccc(C)c(NC(=O)COC(=O)/C=C/c2cccc3cccnc23)c1. The summed E-state index contributed by atoms with van der Waals surface area (Å²) in [4.78, 5) is 28.9. The summed E-state index contributed by atoms with van der Waals surface area (Å²) in [5, 5.41) is 3.56. The van der Waals surface area contributed by atoms with Gasteiger partial charge in [-0.1, -0.05) is 44.2 Å². The Bertz CT molecular complexity index is 1330. The number of benzene rings is 2. The fourth-order valence-corrected chi connectivity index (χ4v) is 4.88. The molecule has 1 N–H and O–H groups in total. The standard InChI is InChI=1S/C25H27N3O5S/c1-4-28(5-2)34(31,32)21-13-11-18(3)22(16-21)27-23(29)17-33-24(30)14-12-20-9-6-8-19-10-7-15-26-25(19)20/h6-16H,4-5,17H2,1-3H3,(H,27,29)/b14-12+. The number of aromatic nitrogens is 1. The highest BCUT2D eigenvalue weighted by molar-refractivity contribution is 7.89. The molecule has 3 rings (SSSR count). The highest BCUT2D eigenvalue weighted by Crippen LogP contribution is 2.23. The first-order valence-corrected chi connectivity index (χ1v) is 12.3. The Morgan fingerprint density at radius 2 is 1.82 bits per heavy atom. The van der Waals surface area contributed by atoms with Crippen molar-refractivity contribution in [3.05, 3.63) is 71.9 Å². The summed E-state index contributed by atoms with van der Waals surface area (Å²) in [6.45, 7) is 5.44. The van der Waals surface area contributed by atoms with Crippen LogP contribution in [0.5, 0.6) is 0 Å². The second-order valence-electron chi connectivity index (χ2n) is 7.48. The summed E-state index contributed by atoms with van der Waals surface area (Å²) in [5.74, 6) is -1.26. The fourth-order valence-electron chi connectivity index (χ4n) is 3.40. The van der Waals surface area contributed by atoms with E-state index in [2.05, 4.69) is 10.3 Å². The van der Waals surface area contributed by atoms with E-state index < -0.39 is 28.5 Å². The average molecular weight is 482 g/mol. The summed E-state index contributed by atoms with van der Waals surface area (Å²) in [6.07, 6.45) is 4.49. The van der Waals surface area contributed by atoms with Crippen molar-refractivity contribution in [3.63, 3.8) is 0 Å². The monoisotopic (exact) mass is 481 g/mol. The quantitative estimate of drug-likeness (QED) is 0.368. The van der Waals surface area contributed by atoms with Gasteiger partial charge in [0, 0.05) is 42.0 Å². The second kappa shape index (κ2) is 11.0. The molecule has 2 aromatic carbocycles. The molecule has 0 saturated heterocycles. The largest absolute Gasteiger partial charge is 0.452 e. The summed E-state index contributed by atoms with van der Waals surface area (Å²) in [6, 6.07) is 13.9. The number of hydrogen-bond donors (Lipinski definition) is 1. The van der Waals surface area contributed by atoms with E-state index in [0.29, 0.717) is 24.3 Å². The first-order chi connectivity index (χ1) is 16.3. The minimum absolute atomic E-state index is 0.0840. The van der Waals surface area contributed by atoms with Crippen molar-refractivity contribution >= 4 is 44.6 Å². The number of sulfonamides is 1. The van der Waals surface area contributed by atoms with Crippen LogP contribution in [0.3, 0.4) is 0 Å². The van der Waals surface area contributed by atoms with E-state index in [1.165, 1.54) is 22.5 Å². The zero-order chi connectivity index (χ0) is 24.7. The van der Waals surface area contributed by atoms with Crippen LogP contribution < -0.4 is 5.32 Å². The number of pyridine rings is 1. The number of fused-ring (bicyclic) bond motifs is 1. The van der Waals surface area contributed by atoms with Crippen LogP contribution in [0, 0.1) is 6.92 Å². The van der Waals surface area contributed by atoms with E-state index in [0.717, 1.165) is 16.5 Å². The number of para-hydroxylation sites is 1. The lowest BCUT2D eigenvalue weighted by Gasteiger charge is -2.19. The van der Waals surface area contributed by atoms with Crippen molar-refractivity contribution in [3.8, 4) is 0 Å². The predicted molar refractivity (Wildman–Crippen MR) is 132 cm³/mol. The Labute approximate surface area is 199 Å². The topological polar surface area (TPSA) is 106 Å². The molecule has 178 valence electrons. The van der Waals surface area contributed by atoms with Gasteiger partial charge in [0.05, 0.1) is 10.4 Å². The molecule has 0 radical (unpaired) electrons. The smallest absolute Gasteiger partial charge is 0.331 e. The second-order valence-corrected chi connectivity index (χ2v) is 9.42. The molecule has 0 aliphatic rings. The van der Waals surface area contributed by atoms with Crippen LogP contribution >= 0.6 is 0 Å². The van der Waals surface area contributed by atoms with Crippen LogP contribution in [-0.4, -0.2) is 49.3 Å². The van der Waals surface area contributed by atoms with Crippen LogP contribution in [0.1, 0.15) is 25.0 Å². The van der Waals surface area contributed by atoms with E-state index in [1.807, 2.05) is 30.3 Å². The lowest BCUT2D eigenvalue weighted by atomic mass is 10.1. The number of ether oxygens (including phenoxy) is 1. The number of hydrogen-bond acceptors (Lipinski definition) is 6. The Balaban J connectivity index is 1.63. The number of nitrogens with zero attached hydrogens (tertiary/aromatic N) is 2. The molecule has 1 heterocycles. The summed E-state index contributed by atoms with van der Waals surface area (Å²) < 4.78 is 31.9. The number of carbonyl (C=O) groups is 2. The van der Waals surface area contributed by atoms with Crippen LogP contribution in [-0.2, 0) is 24.3 Å². The summed E-state index contributed by atoms with van der Waals surface area (Å²) in [7, 11) is -3.67. The Morgan fingerprint density at radius 1 is 1.09 bits per heavy atom. The zero-order valence-corrected chi connectivity index (χ0v) is 20.1. The van der Waals surface area contributed by atoms with E-state index in [-0.39, 0.29) is 4.90 Å². The van der Waals surface area contributed by atoms with Gasteiger partial charge in [0.15, 0.2) is 6.61 Å². The maximum absolute atomic E-state index is 12.8. The van der Waals surface area contributed by atoms with Crippen LogP contribution in [0.4, 0.5) is 5.69 Å². The van der Waals surface area contributed by atoms with E-state index in [9.17, 15) is 18.0 Å². The predicted octanol–water partition coefficient (Wildman–Crippen LogP) is 3.77. The highest BCUT2D eigenvalue weighted by Gasteiger charge is 2.22. The number of esters is 1. The molecule has 8 nitrogen and oxygen atoms in total. The number of amides is 1. The van der Waals surface area contributed by atoms with Gasteiger partial charge >= 0.3 is 5.97 Å². The Kier molecular flexibility index (Phi) is 8.14. The van der Waals surface area contributed by atoms with Crippen molar-refractivity contribution in [2.24, 2.45) is 0 Å². The number of nitrogens with one attached hydrogen (secondary N) is 1. The zero-order valence-electron chi connectivity index (χ0n) is 19.3. The van der Waals surface area contributed by atoms with E-state index in [4.69, 9.17) is 4.74 Å². The molecule has 9 heteroatoms. The molecule has 3 aromatic rings. The van der Waals surface area contributed by atoms with Crippen molar-refractivity contribution < 1.29 is 22.7 Å². The van der Waals surface area contributed by atoms with E-state index >= 15 is 0 Å². The number of anilines is 1. The van der Waals surface area contributed by atoms with Crippen LogP contribution in [0.2, 0.25) is 0 Å². The van der Waals surface area contributed by atoms with Gasteiger partial charge in [-0.05, 0) is 36.8 Å². The Morgan fingerprint density at radius 3 is 2.56 bits per heavy atom. The maximum Gasteiger partial charge on any atom is 0.331 e. The average Bonchev–Trinajstić information content (AvgIpc) is 2.83. The summed E-state index contributed by atoms with van der Waals surface area (Å²) in [5.41, 5.74) is 2.52. The third-order valence-corrected chi connectivity index (χ3v) is 7.28.